The Kier molecular flexibility index (Phi) is 6.24. The molecule has 2 atom stereocenters. The first-order valence-electron chi connectivity index (χ1n) is 6.33. The Balaban J connectivity index is 3.31. The average molecular weight is 353 g/mol. The Hall–Kier alpha value is -0.160. The minimum atomic E-state index is -0.492. The molecule has 0 saturated heterocycles. The Morgan fingerprint density at radius 3 is 2.58 bits per heavy atom. The molecule has 0 aliphatic heterocycles. The molecule has 2 unspecified atom stereocenters. The molecule has 0 aromatic heterocycles. The molecule has 2 nitrogen and oxygen atoms in total. The lowest BCUT2D eigenvalue weighted by atomic mass is 9.87. The maximum Gasteiger partial charge on any atom is 0.147 e. The number of halogens is 3. The molecule has 0 aliphatic rings. The van der Waals surface area contributed by atoms with Crippen molar-refractivity contribution in [1.82, 2.24) is 5.32 Å². The van der Waals surface area contributed by atoms with E-state index < -0.39 is 11.4 Å². The second kappa shape index (κ2) is 7.02. The number of hydrogen-bond donors (Lipinski definition) is 1. The van der Waals surface area contributed by atoms with E-state index in [2.05, 4.69) is 21.2 Å². The Labute approximate surface area is 127 Å². The van der Waals surface area contributed by atoms with Crippen molar-refractivity contribution in [3.8, 4) is 0 Å². The zero-order valence-electron chi connectivity index (χ0n) is 11.7. The lowest BCUT2D eigenvalue weighted by molar-refractivity contribution is -0.0304. The van der Waals surface area contributed by atoms with Crippen LogP contribution in [-0.2, 0) is 4.74 Å². The molecule has 0 radical (unpaired) electrons. The van der Waals surface area contributed by atoms with E-state index in [1.807, 2.05) is 20.8 Å². The molecule has 0 saturated carbocycles. The number of hydrogen-bond acceptors (Lipinski definition) is 2. The van der Waals surface area contributed by atoms with E-state index in [-0.39, 0.29) is 11.1 Å². The SMILES string of the molecule is CCNC(c1ccc(Br)c(Cl)c1F)C(C)(CC)OC. The van der Waals surface area contributed by atoms with E-state index in [0.29, 0.717) is 10.0 Å². The highest BCUT2D eigenvalue weighted by molar-refractivity contribution is 9.10. The number of benzene rings is 1. The fourth-order valence-corrected chi connectivity index (χ4v) is 2.57. The van der Waals surface area contributed by atoms with Crippen molar-refractivity contribution in [2.75, 3.05) is 13.7 Å². The third-order valence-electron chi connectivity index (χ3n) is 3.56. The van der Waals surface area contributed by atoms with Crippen LogP contribution in [0.25, 0.3) is 0 Å². The minimum Gasteiger partial charge on any atom is -0.377 e. The van der Waals surface area contributed by atoms with Gasteiger partial charge in [0.15, 0.2) is 0 Å². The van der Waals surface area contributed by atoms with Crippen molar-refractivity contribution >= 4 is 27.5 Å². The van der Waals surface area contributed by atoms with Gasteiger partial charge in [0.1, 0.15) is 5.82 Å². The number of nitrogens with one attached hydrogen (secondary N) is 1. The van der Waals surface area contributed by atoms with Gasteiger partial charge in [-0.1, -0.05) is 31.5 Å². The van der Waals surface area contributed by atoms with E-state index in [4.69, 9.17) is 16.3 Å². The Morgan fingerprint density at radius 2 is 2.11 bits per heavy atom. The molecule has 1 N–H and O–H groups in total. The van der Waals surface area contributed by atoms with Crippen LogP contribution >= 0.6 is 27.5 Å². The molecule has 1 rings (SSSR count). The molecule has 1 aromatic rings. The Morgan fingerprint density at radius 1 is 1.47 bits per heavy atom. The van der Waals surface area contributed by atoms with Gasteiger partial charge in [-0.2, -0.15) is 0 Å². The zero-order valence-corrected chi connectivity index (χ0v) is 14.0. The summed E-state index contributed by atoms with van der Waals surface area (Å²) >= 11 is 9.20. The van der Waals surface area contributed by atoms with Crippen LogP contribution in [0.1, 0.15) is 38.8 Å². The molecule has 0 amide bonds. The van der Waals surface area contributed by atoms with Gasteiger partial charge in [0, 0.05) is 17.1 Å². The summed E-state index contributed by atoms with van der Waals surface area (Å²) in [7, 11) is 1.65. The predicted molar refractivity (Wildman–Crippen MR) is 81.2 cm³/mol. The van der Waals surface area contributed by atoms with Crippen molar-refractivity contribution in [2.45, 2.75) is 38.8 Å². The number of ether oxygens (including phenoxy) is 1. The van der Waals surface area contributed by atoms with Crippen LogP contribution < -0.4 is 5.32 Å². The van der Waals surface area contributed by atoms with E-state index in [0.717, 1.165) is 13.0 Å². The Bertz CT molecular complexity index is 438. The maximum absolute atomic E-state index is 14.4. The van der Waals surface area contributed by atoms with E-state index >= 15 is 0 Å². The fraction of sp³-hybridized carbons (Fsp3) is 0.571. The largest absolute Gasteiger partial charge is 0.377 e. The summed E-state index contributed by atoms with van der Waals surface area (Å²) in [6, 6.07) is 3.25. The third-order valence-corrected chi connectivity index (χ3v) is 4.82. The van der Waals surface area contributed by atoms with Crippen LogP contribution in [0.4, 0.5) is 4.39 Å². The van der Waals surface area contributed by atoms with Gasteiger partial charge in [-0.25, -0.2) is 4.39 Å². The number of rotatable bonds is 6. The molecular weight excluding hydrogens is 333 g/mol. The summed E-state index contributed by atoms with van der Waals surface area (Å²) in [6.45, 7) is 6.69. The van der Waals surface area contributed by atoms with E-state index in [9.17, 15) is 4.39 Å². The average Bonchev–Trinajstić information content (AvgIpc) is 2.42. The van der Waals surface area contributed by atoms with Crippen LogP contribution in [0.3, 0.4) is 0 Å². The summed E-state index contributed by atoms with van der Waals surface area (Å²) < 4.78 is 20.5. The third kappa shape index (κ3) is 3.48. The van der Waals surface area contributed by atoms with Gasteiger partial charge in [0.05, 0.1) is 16.7 Å². The molecule has 0 spiro atoms. The second-order valence-corrected chi connectivity index (χ2v) is 5.86. The van der Waals surface area contributed by atoms with Crippen LogP contribution in [0.5, 0.6) is 0 Å². The molecular formula is C14H20BrClFNO. The molecule has 0 bridgehead atoms. The summed E-state index contributed by atoms with van der Waals surface area (Å²) in [6.07, 6.45) is 0.758. The van der Waals surface area contributed by atoms with Gasteiger partial charge < -0.3 is 10.1 Å². The van der Waals surface area contributed by atoms with Gasteiger partial charge >= 0.3 is 0 Å². The molecule has 0 fully saturated rings. The molecule has 108 valence electrons. The number of methoxy groups -OCH3 is 1. The maximum atomic E-state index is 14.4. The molecule has 5 heteroatoms. The summed E-state index contributed by atoms with van der Waals surface area (Å²) in [5.41, 5.74) is 0.0369. The van der Waals surface area contributed by atoms with Gasteiger partial charge in [0.25, 0.3) is 0 Å². The molecule has 0 aliphatic carbocycles. The summed E-state index contributed by atoms with van der Waals surface area (Å²) in [5, 5.41) is 3.40. The quantitative estimate of drug-likeness (QED) is 0.749. The first-order valence-corrected chi connectivity index (χ1v) is 7.50. The highest BCUT2D eigenvalue weighted by atomic mass is 79.9. The van der Waals surface area contributed by atoms with Gasteiger partial charge in [-0.3, -0.25) is 0 Å². The molecule has 19 heavy (non-hydrogen) atoms. The van der Waals surface area contributed by atoms with E-state index in [1.165, 1.54) is 0 Å². The fourth-order valence-electron chi connectivity index (χ4n) is 2.09. The smallest absolute Gasteiger partial charge is 0.147 e. The number of likely N-dealkylation sites (N-methyl/N-ethyl adjacent to an activating group) is 1. The van der Waals surface area contributed by atoms with Crippen molar-refractivity contribution in [1.29, 1.82) is 0 Å². The van der Waals surface area contributed by atoms with Gasteiger partial charge in [-0.15, -0.1) is 0 Å². The standard InChI is InChI=1S/C14H20BrClFNO/c1-5-14(3,19-4)13(18-6-2)9-7-8-10(15)11(16)12(9)17/h7-8,13,18H,5-6H2,1-4H3. The van der Waals surface area contributed by atoms with Crippen molar-refractivity contribution < 1.29 is 9.13 Å². The monoisotopic (exact) mass is 351 g/mol. The van der Waals surface area contributed by atoms with Crippen LogP contribution in [0, 0.1) is 5.82 Å². The first-order chi connectivity index (χ1) is 8.91. The van der Waals surface area contributed by atoms with Crippen LogP contribution in [0.15, 0.2) is 16.6 Å². The summed E-state index contributed by atoms with van der Waals surface area (Å²) in [4.78, 5) is 0. The van der Waals surface area contributed by atoms with Crippen molar-refractivity contribution in [2.24, 2.45) is 0 Å². The first kappa shape index (κ1) is 16.9. The van der Waals surface area contributed by atoms with Crippen LogP contribution in [-0.4, -0.2) is 19.3 Å². The normalized spacial score (nSPS) is 16.2. The van der Waals surface area contributed by atoms with Gasteiger partial charge in [0.2, 0.25) is 0 Å². The predicted octanol–water partition coefficient (Wildman–Crippen LogP) is 4.71. The lowest BCUT2D eigenvalue weighted by Crippen LogP contribution is -2.43. The molecule has 1 aromatic carbocycles. The lowest BCUT2D eigenvalue weighted by Gasteiger charge is -2.37. The van der Waals surface area contributed by atoms with Crippen LogP contribution in [0.2, 0.25) is 5.02 Å². The zero-order chi connectivity index (χ0) is 14.6. The highest BCUT2D eigenvalue weighted by Gasteiger charge is 2.35. The van der Waals surface area contributed by atoms with E-state index in [1.54, 1.807) is 19.2 Å². The second-order valence-electron chi connectivity index (χ2n) is 4.63. The summed E-state index contributed by atoms with van der Waals surface area (Å²) in [5.74, 6) is -0.404. The molecule has 0 heterocycles. The highest BCUT2D eigenvalue weighted by Crippen LogP contribution is 2.37. The van der Waals surface area contributed by atoms with Crippen molar-refractivity contribution in [3.05, 3.63) is 33.0 Å². The van der Waals surface area contributed by atoms with Gasteiger partial charge in [-0.05, 0) is 41.9 Å². The van der Waals surface area contributed by atoms with Crippen molar-refractivity contribution in [3.63, 3.8) is 0 Å². The topological polar surface area (TPSA) is 21.3 Å². The minimum absolute atomic E-state index is 0.106.